The first-order valence-electron chi connectivity index (χ1n) is 7.70. The number of nitrogens with zero attached hydrogens (tertiary/aromatic N) is 3. The van der Waals surface area contributed by atoms with Gasteiger partial charge in [-0.2, -0.15) is 0 Å². The first kappa shape index (κ1) is 14.5. The Bertz CT molecular complexity index is 345. The van der Waals surface area contributed by atoms with Gasteiger partial charge in [-0.3, -0.25) is 0 Å². The van der Waals surface area contributed by atoms with Gasteiger partial charge < -0.3 is 14.2 Å². The van der Waals surface area contributed by atoms with Gasteiger partial charge >= 0.3 is 0 Å². The summed E-state index contributed by atoms with van der Waals surface area (Å²) in [6.45, 7) is 8.33. The highest BCUT2D eigenvalue weighted by Gasteiger charge is 2.10. The van der Waals surface area contributed by atoms with Crippen molar-refractivity contribution in [1.82, 2.24) is 14.5 Å². The summed E-state index contributed by atoms with van der Waals surface area (Å²) in [6.07, 6.45) is 10.4. The van der Waals surface area contributed by atoms with E-state index >= 15 is 0 Å². The molecule has 1 aromatic heterocycles. The Balaban J connectivity index is 1.68. The number of piperidine rings is 1. The summed E-state index contributed by atoms with van der Waals surface area (Å²) in [5.41, 5.74) is 0. The van der Waals surface area contributed by atoms with Crippen LogP contribution in [0.3, 0.4) is 0 Å². The molecule has 0 saturated carbocycles. The molecule has 2 heterocycles. The number of ether oxygens (including phenoxy) is 1. The highest BCUT2D eigenvalue weighted by atomic mass is 16.5. The first-order valence-corrected chi connectivity index (χ1v) is 7.70. The molecule has 1 aliphatic rings. The van der Waals surface area contributed by atoms with Crippen molar-refractivity contribution in [3.05, 3.63) is 18.2 Å². The zero-order chi connectivity index (χ0) is 13.3. The summed E-state index contributed by atoms with van der Waals surface area (Å²) in [5.74, 6) is 1.21. The van der Waals surface area contributed by atoms with E-state index in [0.29, 0.717) is 0 Å². The van der Waals surface area contributed by atoms with Crippen molar-refractivity contribution in [3.8, 4) is 0 Å². The van der Waals surface area contributed by atoms with Gasteiger partial charge in [0.2, 0.25) is 0 Å². The van der Waals surface area contributed by atoms with Crippen LogP contribution in [-0.4, -0.2) is 47.3 Å². The number of hydrogen-bond acceptors (Lipinski definition) is 3. The molecule has 1 saturated heterocycles. The van der Waals surface area contributed by atoms with Gasteiger partial charge in [0, 0.05) is 32.0 Å². The molecule has 4 nitrogen and oxygen atoms in total. The fraction of sp³-hybridized carbons (Fsp3) is 0.800. The monoisotopic (exact) mass is 265 g/mol. The molecule has 2 rings (SSSR count). The van der Waals surface area contributed by atoms with Crippen LogP contribution in [-0.2, 0) is 17.7 Å². The molecule has 4 heteroatoms. The highest BCUT2D eigenvalue weighted by molar-refractivity contribution is 4.92. The van der Waals surface area contributed by atoms with E-state index in [1.807, 2.05) is 13.1 Å². The Hall–Kier alpha value is -0.870. The molecular weight excluding hydrogens is 238 g/mol. The van der Waals surface area contributed by atoms with E-state index in [9.17, 15) is 0 Å². The van der Waals surface area contributed by atoms with E-state index in [1.54, 1.807) is 0 Å². The van der Waals surface area contributed by atoms with Gasteiger partial charge in [0.05, 0.1) is 6.61 Å². The SMILES string of the molecule is CCOCCn1ccnc1CCCN1CCCCC1. The third kappa shape index (κ3) is 4.96. The molecule has 1 aliphatic heterocycles. The second-order valence-corrected chi connectivity index (χ2v) is 5.24. The molecular formula is C15H27N3O. The lowest BCUT2D eigenvalue weighted by molar-refractivity contribution is 0.138. The average Bonchev–Trinajstić information content (AvgIpc) is 2.88. The van der Waals surface area contributed by atoms with E-state index in [0.717, 1.165) is 26.2 Å². The van der Waals surface area contributed by atoms with E-state index in [2.05, 4.69) is 20.6 Å². The molecule has 0 amide bonds. The fourth-order valence-electron chi connectivity index (χ4n) is 2.72. The summed E-state index contributed by atoms with van der Waals surface area (Å²) in [4.78, 5) is 7.06. The van der Waals surface area contributed by atoms with Gasteiger partial charge in [0.25, 0.3) is 0 Å². The Morgan fingerprint density at radius 2 is 2.05 bits per heavy atom. The summed E-state index contributed by atoms with van der Waals surface area (Å²) >= 11 is 0. The molecule has 19 heavy (non-hydrogen) atoms. The molecule has 0 bridgehead atoms. The van der Waals surface area contributed by atoms with Crippen LogP contribution in [0, 0.1) is 0 Å². The normalized spacial score (nSPS) is 16.9. The quantitative estimate of drug-likeness (QED) is 0.676. The zero-order valence-corrected chi connectivity index (χ0v) is 12.2. The molecule has 108 valence electrons. The fourth-order valence-corrected chi connectivity index (χ4v) is 2.72. The molecule has 1 aromatic rings. The van der Waals surface area contributed by atoms with Crippen LogP contribution in [0.2, 0.25) is 0 Å². The zero-order valence-electron chi connectivity index (χ0n) is 12.2. The third-order valence-corrected chi connectivity index (χ3v) is 3.81. The van der Waals surface area contributed by atoms with Crippen LogP contribution in [0.5, 0.6) is 0 Å². The Morgan fingerprint density at radius 1 is 1.21 bits per heavy atom. The van der Waals surface area contributed by atoms with E-state index in [-0.39, 0.29) is 0 Å². The van der Waals surface area contributed by atoms with Crippen molar-refractivity contribution in [1.29, 1.82) is 0 Å². The maximum absolute atomic E-state index is 5.40. The highest BCUT2D eigenvalue weighted by Crippen LogP contribution is 2.10. The predicted molar refractivity (Wildman–Crippen MR) is 77.3 cm³/mol. The smallest absolute Gasteiger partial charge is 0.108 e. The van der Waals surface area contributed by atoms with Gasteiger partial charge in [-0.15, -0.1) is 0 Å². The summed E-state index contributed by atoms with van der Waals surface area (Å²) in [6, 6.07) is 0. The van der Waals surface area contributed by atoms with Gasteiger partial charge in [-0.05, 0) is 45.8 Å². The van der Waals surface area contributed by atoms with Crippen LogP contribution in [0.1, 0.15) is 38.4 Å². The predicted octanol–water partition coefficient (Wildman–Crippen LogP) is 2.34. The van der Waals surface area contributed by atoms with E-state index in [1.165, 1.54) is 51.1 Å². The maximum Gasteiger partial charge on any atom is 0.108 e. The molecule has 0 unspecified atom stereocenters. The number of hydrogen-bond donors (Lipinski definition) is 0. The molecule has 1 fully saturated rings. The number of imidazole rings is 1. The van der Waals surface area contributed by atoms with Crippen LogP contribution in [0.4, 0.5) is 0 Å². The second-order valence-electron chi connectivity index (χ2n) is 5.24. The largest absolute Gasteiger partial charge is 0.380 e. The Kier molecular flexibility index (Phi) is 6.37. The van der Waals surface area contributed by atoms with Crippen molar-refractivity contribution < 1.29 is 4.74 Å². The molecule has 0 radical (unpaired) electrons. The summed E-state index contributed by atoms with van der Waals surface area (Å²) in [5, 5.41) is 0. The van der Waals surface area contributed by atoms with Crippen LogP contribution < -0.4 is 0 Å². The molecule has 0 aromatic carbocycles. The number of likely N-dealkylation sites (tertiary alicyclic amines) is 1. The van der Waals surface area contributed by atoms with Gasteiger partial charge in [0.1, 0.15) is 5.82 Å². The van der Waals surface area contributed by atoms with E-state index < -0.39 is 0 Å². The number of aryl methyl sites for hydroxylation is 1. The lowest BCUT2D eigenvalue weighted by Crippen LogP contribution is -2.30. The summed E-state index contributed by atoms with van der Waals surface area (Å²) in [7, 11) is 0. The van der Waals surface area contributed by atoms with Crippen molar-refractivity contribution in [2.45, 2.75) is 45.6 Å². The van der Waals surface area contributed by atoms with Crippen LogP contribution >= 0.6 is 0 Å². The minimum Gasteiger partial charge on any atom is -0.380 e. The summed E-state index contributed by atoms with van der Waals surface area (Å²) < 4.78 is 7.63. The minimum atomic E-state index is 0.784. The van der Waals surface area contributed by atoms with Crippen molar-refractivity contribution in [2.75, 3.05) is 32.8 Å². The maximum atomic E-state index is 5.40. The molecule has 0 atom stereocenters. The van der Waals surface area contributed by atoms with E-state index in [4.69, 9.17) is 4.74 Å². The molecule has 0 N–H and O–H groups in total. The average molecular weight is 265 g/mol. The lowest BCUT2D eigenvalue weighted by Gasteiger charge is -2.26. The number of rotatable bonds is 8. The Morgan fingerprint density at radius 3 is 2.84 bits per heavy atom. The van der Waals surface area contributed by atoms with Crippen LogP contribution in [0.25, 0.3) is 0 Å². The topological polar surface area (TPSA) is 30.3 Å². The second kappa shape index (κ2) is 8.33. The van der Waals surface area contributed by atoms with Crippen molar-refractivity contribution in [2.24, 2.45) is 0 Å². The van der Waals surface area contributed by atoms with Gasteiger partial charge in [-0.1, -0.05) is 6.42 Å². The minimum absolute atomic E-state index is 0.784. The first-order chi connectivity index (χ1) is 9.40. The molecule has 0 aliphatic carbocycles. The van der Waals surface area contributed by atoms with Crippen molar-refractivity contribution >= 4 is 0 Å². The Labute approximate surface area is 116 Å². The third-order valence-electron chi connectivity index (χ3n) is 3.81. The van der Waals surface area contributed by atoms with Gasteiger partial charge in [-0.25, -0.2) is 4.98 Å². The lowest BCUT2D eigenvalue weighted by atomic mass is 10.1. The van der Waals surface area contributed by atoms with Gasteiger partial charge in [0.15, 0.2) is 0 Å². The van der Waals surface area contributed by atoms with Crippen molar-refractivity contribution in [3.63, 3.8) is 0 Å². The number of aromatic nitrogens is 2. The van der Waals surface area contributed by atoms with Crippen LogP contribution in [0.15, 0.2) is 12.4 Å². The molecule has 0 spiro atoms. The standard InChI is InChI=1S/C15H27N3O/c1-2-19-14-13-18-12-8-16-15(18)7-6-11-17-9-4-3-5-10-17/h8,12H,2-7,9-11,13-14H2,1H3.